The summed E-state index contributed by atoms with van der Waals surface area (Å²) in [6, 6.07) is -0.421. The number of carbonyl (C=O) groups excluding carboxylic acids is 2. The molecule has 1 heterocycles. The van der Waals surface area contributed by atoms with Crippen molar-refractivity contribution in [2.24, 2.45) is 0 Å². The van der Waals surface area contributed by atoms with Gasteiger partial charge in [0.1, 0.15) is 6.04 Å². The quantitative estimate of drug-likeness (QED) is 0.799. The molecular formula is C15H29N3O2. The molecule has 0 aliphatic carbocycles. The second-order valence-electron chi connectivity index (χ2n) is 6.60. The predicted octanol–water partition coefficient (Wildman–Crippen LogP) is 1.28. The molecule has 1 aliphatic rings. The molecule has 0 radical (unpaired) electrons. The van der Waals surface area contributed by atoms with Crippen molar-refractivity contribution >= 4 is 11.8 Å². The van der Waals surface area contributed by atoms with Gasteiger partial charge in [-0.15, -0.1) is 0 Å². The van der Waals surface area contributed by atoms with Crippen molar-refractivity contribution in [2.75, 3.05) is 19.6 Å². The van der Waals surface area contributed by atoms with Crippen LogP contribution in [0.2, 0.25) is 0 Å². The molecule has 5 heteroatoms. The molecule has 1 saturated heterocycles. The zero-order valence-corrected chi connectivity index (χ0v) is 13.3. The Morgan fingerprint density at radius 1 is 1.15 bits per heavy atom. The second kappa shape index (κ2) is 7.62. The molecule has 0 spiro atoms. The summed E-state index contributed by atoms with van der Waals surface area (Å²) in [7, 11) is 0. The summed E-state index contributed by atoms with van der Waals surface area (Å²) in [5.74, 6) is -0.0264. The van der Waals surface area contributed by atoms with Crippen LogP contribution in [-0.2, 0) is 9.59 Å². The van der Waals surface area contributed by atoms with E-state index < -0.39 is 6.04 Å². The fraction of sp³-hybridized carbons (Fsp3) is 0.867. The Morgan fingerprint density at radius 3 is 2.30 bits per heavy atom. The molecule has 2 amide bonds. The molecule has 1 rings (SSSR count). The number of nitrogens with one attached hydrogen (secondary N) is 2. The Kier molecular flexibility index (Phi) is 6.46. The summed E-state index contributed by atoms with van der Waals surface area (Å²) < 4.78 is 0. The molecule has 0 aromatic heterocycles. The van der Waals surface area contributed by atoms with Gasteiger partial charge in [0.25, 0.3) is 0 Å². The third-order valence-electron chi connectivity index (χ3n) is 3.42. The molecule has 5 nitrogen and oxygen atoms in total. The highest BCUT2D eigenvalue weighted by molar-refractivity contribution is 5.87. The largest absolute Gasteiger partial charge is 0.345 e. The van der Waals surface area contributed by atoms with E-state index in [2.05, 4.69) is 31.4 Å². The van der Waals surface area contributed by atoms with Crippen molar-refractivity contribution in [3.05, 3.63) is 0 Å². The van der Waals surface area contributed by atoms with E-state index in [-0.39, 0.29) is 17.4 Å². The van der Waals surface area contributed by atoms with Gasteiger partial charge in [-0.3, -0.25) is 9.59 Å². The van der Waals surface area contributed by atoms with E-state index in [1.165, 1.54) is 6.42 Å². The first kappa shape index (κ1) is 17.0. The number of amides is 2. The van der Waals surface area contributed by atoms with Crippen LogP contribution in [0.5, 0.6) is 0 Å². The standard InChI is InChI=1S/C15H29N3O2/c1-12(14(20)18-10-6-5-7-11-18)17-13(19)8-9-16-15(2,3)4/h12,16H,5-11H2,1-4H3,(H,17,19). The number of hydrogen-bond donors (Lipinski definition) is 2. The summed E-state index contributed by atoms with van der Waals surface area (Å²) >= 11 is 0. The zero-order chi connectivity index (χ0) is 15.2. The van der Waals surface area contributed by atoms with Gasteiger partial charge in [0, 0.05) is 31.6 Å². The van der Waals surface area contributed by atoms with Gasteiger partial charge < -0.3 is 15.5 Å². The molecule has 1 unspecified atom stereocenters. The van der Waals surface area contributed by atoms with Crippen LogP contribution in [0, 0.1) is 0 Å². The predicted molar refractivity (Wildman–Crippen MR) is 80.4 cm³/mol. The molecule has 1 aliphatic heterocycles. The number of hydrogen-bond acceptors (Lipinski definition) is 3. The van der Waals surface area contributed by atoms with E-state index in [4.69, 9.17) is 0 Å². The summed E-state index contributed by atoms with van der Waals surface area (Å²) in [6.45, 7) is 10.2. The van der Waals surface area contributed by atoms with Crippen molar-refractivity contribution in [3.8, 4) is 0 Å². The normalized spacial score (nSPS) is 17.7. The molecule has 20 heavy (non-hydrogen) atoms. The highest BCUT2D eigenvalue weighted by atomic mass is 16.2. The van der Waals surface area contributed by atoms with E-state index >= 15 is 0 Å². The average molecular weight is 283 g/mol. The van der Waals surface area contributed by atoms with Crippen molar-refractivity contribution in [1.29, 1.82) is 0 Å². The third-order valence-corrected chi connectivity index (χ3v) is 3.42. The lowest BCUT2D eigenvalue weighted by molar-refractivity contribution is -0.136. The van der Waals surface area contributed by atoms with Crippen LogP contribution in [0.25, 0.3) is 0 Å². The number of rotatable bonds is 5. The van der Waals surface area contributed by atoms with Gasteiger partial charge in [-0.2, -0.15) is 0 Å². The smallest absolute Gasteiger partial charge is 0.244 e. The lowest BCUT2D eigenvalue weighted by atomic mass is 10.1. The summed E-state index contributed by atoms with van der Waals surface area (Å²) in [5, 5.41) is 6.06. The number of nitrogens with zero attached hydrogens (tertiary/aromatic N) is 1. The van der Waals surface area contributed by atoms with Gasteiger partial charge in [-0.05, 0) is 47.0 Å². The summed E-state index contributed by atoms with van der Waals surface area (Å²) in [5.41, 5.74) is 0.00944. The van der Waals surface area contributed by atoms with Crippen molar-refractivity contribution in [3.63, 3.8) is 0 Å². The van der Waals surface area contributed by atoms with Gasteiger partial charge in [-0.25, -0.2) is 0 Å². The maximum Gasteiger partial charge on any atom is 0.244 e. The molecule has 1 atom stereocenters. The zero-order valence-electron chi connectivity index (χ0n) is 13.3. The number of piperidine rings is 1. The van der Waals surface area contributed by atoms with Crippen molar-refractivity contribution in [1.82, 2.24) is 15.5 Å². The van der Waals surface area contributed by atoms with Gasteiger partial charge in [0.05, 0.1) is 0 Å². The van der Waals surface area contributed by atoms with Crippen LogP contribution in [0.3, 0.4) is 0 Å². The third kappa shape index (κ3) is 6.37. The summed E-state index contributed by atoms with van der Waals surface area (Å²) in [4.78, 5) is 25.8. The second-order valence-corrected chi connectivity index (χ2v) is 6.60. The molecule has 116 valence electrons. The fourth-order valence-corrected chi connectivity index (χ4v) is 2.31. The van der Waals surface area contributed by atoms with Crippen LogP contribution >= 0.6 is 0 Å². The van der Waals surface area contributed by atoms with E-state index in [1.54, 1.807) is 6.92 Å². The summed E-state index contributed by atoms with van der Waals surface area (Å²) in [6.07, 6.45) is 3.74. The Bertz CT molecular complexity index is 331. The average Bonchev–Trinajstić information content (AvgIpc) is 2.37. The van der Waals surface area contributed by atoms with Crippen LogP contribution < -0.4 is 10.6 Å². The Labute approximate surface area is 122 Å². The lowest BCUT2D eigenvalue weighted by Crippen LogP contribution is -2.49. The van der Waals surface area contributed by atoms with E-state index in [1.807, 2.05) is 4.90 Å². The monoisotopic (exact) mass is 283 g/mol. The minimum Gasteiger partial charge on any atom is -0.345 e. The minimum atomic E-state index is -0.421. The maximum absolute atomic E-state index is 12.2. The first-order valence-electron chi connectivity index (χ1n) is 7.63. The van der Waals surface area contributed by atoms with Gasteiger partial charge in [0.2, 0.25) is 11.8 Å². The van der Waals surface area contributed by atoms with Crippen LogP contribution in [0.15, 0.2) is 0 Å². The molecule has 2 N–H and O–H groups in total. The van der Waals surface area contributed by atoms with Gasteiger partial charge >= 0.3 is 0 Å². The van der Waals surface area contributed by atoms with Crippen LogP contribution in [-0.4, -0.2) is 47.9 Å². The number of likely N-dealkylation sites (tertiary alicyclic amines) is 1. The highest BCUT2D eigenvalue weighted by Crippen LogP contribution is 2.10. The van der Waals surface area contributed by atoms with E-state index in [9.17, 15) is 9.59 Å². The lowest BCUT2D eigenvalue weighted by Gasteiger charge is -2.29. The first-order valence-corrected chi connectivity index (χ1v) is 7.63. The van der Waals surface area contributed by atoms with E-state index in [0.29, 0.717) is 13.0 Å². The Morgan fingerprint density at radius 2 is 1.75 bits per heavy atom. The van der Waals surface area contributed by atoms with Crippen LogP contribution in [0.4, 0.5) is 0 Å². The SMILES string of the molecule is CC(NC(=O)CCNC(C)(C)C)C(=O)N1CCCCC1. The fourth-order valence-electron chi connectivity index (χ4n) is 2.31. The van der Waals surface area contributed by atoms with Crippen LogP contribution in [0.1, 0.15) is 53.4 Å². The van der Waals surface area contributed by atoms with Gasteiger partial charge in [0.15, 0.2) is 0 Å². The highest BCUT2D eigenvalue weighted by Gasteiger charge is 2.23. The molecule has 0 bridgehead atoms. The Balaban J connectivity index is 2.28. The van der Waals surface area contributed by atoms with E-state index in [0.717, 1.165) is 25.9 Å². The molecule has 1 fully saturated rings. The first-order chi connectivity index (χ1) is 9.29. The molecule has 0 saturated carbocycles. The molecule has 0 aromatic rings. The molecular weight excluding hydrogens is 254 g/mol. The topological polar surface area (TPSA) is 61.4 Å². The minimum absolute atomic E-state index is 0.00944. The Hall–Kier alpha value is -1.10. The van der Waals surface area contributed by atoms with Crippen molar-refractivity contribution in [2.45, 2.75) is 65.0 Å². The maximum atomic E-state index is 12.2. The number of carbonyl (C=O) groups is 2. The van der Waals surface area contributed by atoms with Crippen molar-refractivity contribution < 1.29 is 9.59 Å². The van der Waals surface area contributed by atoms with Gasteiger partial charge in [-0.1, -0.05) is 0 Å². The molecule has 0 aromatic carbocycles.